The van der Waals surface area contributed by atoms with E-state index in [9.17, 15) is 0 Å². The summed E-state index contributed by atoms with van der Waals surface area (Å²) in [4.78, 5) is 15.5. The molecule has 0 amide bonds. The molecule has 1 unspecified atom stereocenters. The lowest BCUT2D eigenvalue weighted by atomic mass is 10.1. The number of nitrogens with zero attached hydrogens (tertiary/aromatic N) is 3. The van der Waals surface area contributed by atoms with Gasteiger partial charge in [-0.25, -0.2) is 15.0 Å². The minimum atomic E-state index is 0.0950. The summed E-state index contributed by atoms with van der Waals surface area (Å²) in [5, 5.41) is 3.38. The van der Waals surface area contributed by atoms with Crippen molar-refractivity contribution in [3.8, 4) is 5.75 Å². The maximum absolute atomic E-state index is 5.65. The molecular weight excluding hydrogens is 242 g/mol. The molecule has 6 nitrogen and oxygen atoms in total. The Kier molecular flexibility index (Phi) is 2.14. The van der Waals surface area contributed by atoms with E-state index in [-0.39, 0.29) is 6.04 Å². The van der Waals surface area contributed by atoms with Crippen LogP contribution in [-0.2, 0) is 0 Å². The predicted octanol–water partition coefficient (Wildman–Crippen LogP) is 1.90. The zero-order valence-electron chi connectivity index (χ0n) is 10.00. The van der Waals surface area contributed by atoms with Crippen LogP contribution < -0.4 is 10.1 Å². The minimum Gasteiger partial charge on any atom is -0.491 e. The number of para-hydroxylation sites is 1. The number of hydrogen-bond donors (Lipinski definition) is 2. The molecule has 0 saturated heterocycles. The Labute approximate surface area is 108 Å². The SMILES string of the molecule is c1ccc2c(c1)OCC2Nc1ncnc2nc[nH]c12. The standard InChI is InChI=1S/C13H11N5O/c1-2-4-10-8(3-1)9(5-19-10)18-13-11-12(15-6-14-11)16-7-17-13/h1-4,6-7,9H,5H2,(H2,14,15,16,17,18). The number of benzene rings is 1. The van der Waals surface area contributed by atoms with Crippen molar-refractivity contribution in [1.82, 2.24) is 19.9 Å². The number of nitrogens with one attached hydrogen (secondary N) is 2. The molecule has 0 saturated carbocycles. The first kappa shape index (κ1) is 10.3. The Morgan fingerprint density at radius 2 is 2.16 bits per heavy atom. The molecule has 2 aromatic heterocycles. The highest BCUT2D eigenvalue weighted by Crippen LogP contribution is 2.34. The second-order valence-electron chi connectivity index (χ2n) is 4.37. The molecule has 6 heteroatoms. The number of aromatic amines is 1. The molecule has 0 bridgehead atoms. The molecule has 0 spiro atoms. The van der Waals surface area contributed by atoms with E-state index in [1.54, 1.807) is 6.33 Å². The molecule has 1 atom stereocenters. The van der Waals surface area contributed by atoms with Crippen LogP contribution >= 0.6 is 0 Å². The molecule has 19 heavy (non-hydrogen) atoms. The van der Waals surface area contributed by atoms with Crippen LogP contribution in [-0.4, -0.2) is 26.5 Å². The number of imidazole rings is 1. The largest absolute Gasteiger partial charge is 0.491 e. The molecule has 0 aliphatic carbocycles. The number of aromatic nitrogens is 4. The first-order valence-electron chi connectivity index (χ1n) is 6.04. The van der Waals surface area contributed by atoms with Gasteiger partial charge in [-0.15, -0.1) is 0 Å². The average Bonchev–Trinajstić information content (AvgIpc) is 3.06. The second-order valence-corrected chi connectivity index (χ2v) is 4.37. The fraction of sp³-hybridized carbons (Fsp3) is 0.154. The van der Waals surface area contributed by atoms with Crippen LogP contribution in [0.15, 0.2) is 36.9 Å². The number of fused-ring (bicyclic) bond motifs is 2. The van der Waals surface area contributed by atoms with Gasteiger partial charge in [0.25, 0.3) is 0 Å². The summed E-state index contributed by atoms with van der Waals surface area (Å²) in [6, 6.07) is 8.11. The Bertz CT molecular complexity index is 738. The van der Waals surface area contributed by atoms with Gasteiger partial charge in [-0.2, -0.15) is 0 Å². The van der Waals surface area contributed by atoms with E-state index in [0.717, 1.165) is 22.6 Å². The molecule has 1 aliphatic rings. The summed E-state index contributed by atoms with van der Waals surface area (Å²) in [6.45, 7) is 0.596. The van der Waals surface area contributed by atoms with Crippen LogP contribution in [0.5, 0.6) is 5.75 Å². The van der Waals surface area contributed by atoms with Gasteiger partial charge in [-0.05, 0) is 6.07 Å². The van der Waals surface area contributed by atoms with Gasteiger partial charge in [0.2, 0.25) is 0 Å². The lowest BCUT2D eigenvalue weighted by Gasteiger charge is -2.12. The Morgan fingerprint density at radius 3 is 3.16 bits per heavy atom. The summed E-state index contributed by atoms with van der Waals surface area (Å²) < 4.78 is 5.65. The van der Waals surface area contributed by atoms with Gasteiger partial charge >= 0.3 is 0 Å². The molecule has 2 N–H and O–H groups in total. The summed E-state index contributed by atoms with van der Waals surface area (Å²) in [5.74, 6) is 1.67. The Morgan fingerprint density at radius 1 is 1.21 bits per heavy atom. The van der Waals surface area contributed by atoms with Crippen molar-refractivity contribution in [1.29, 1.82) is 0 Å². The van der Waals surface area contributed by atoms with Crippen LogP contribution in [0.1, 0.15) is 11.6 Å². The van der Waals surface area contributed by atoms with Crippen molar-refractivity contribution in [3.05, 3.63) is 42.5 Å². The van der Waals surface area contributed by atoms with Gasteiger partial charge < -0.3 is 15.0 Å². The zero-order valence-corrected chi connectivity index (χ0v) is 10.00. The van der Waals surface area contributed by atoms with E-state index < -0.39 is 0 Å². The smallest absolute Gasteiger partial charge is 0.182 e. The molecule has 0 radical (unpaired) electrons. The minimum absolute atomic E-state index is 0.0950. The number of rotatable bonds is 2. The monoisotopic (exact) mass is 253 g/mol. The van der Waals surface area contributed by atoms with Crippen molar-refractivity contribution >= 4 is 17.0 Å². The van der Waals surface area contributed by atoms with E-state index in [1.165, 1.54) is 6.33 Å². The third-order valence-corrected chi connectivity index (χ3v) is 3.23. The van der Waals surface area contributed by atoms with E-state index in [0.29, 0.717) is 12.3 Å². The van der Waals surface area contributed by atoms with Crippen LogP contribution in [0.3, 0.4) is 0 Å². The normalized spacial score (nSPS) is 17.2. The highest BCUT2D eigenvalue weighted by atomic mass is 16.5. The second kappa shape index (κ2) is 3.94. The summed E-state index contributed by atoms with van der Waals surface area (Å²) in [5.41, 5.74) is 2.62. The number of hydrogen-bond acceptors (Lipinski definition) is 5. The highest BCUT2D eigenvalue weighted by molar-refractivity contribution is 5.82. The molecule has 1 aliphatic heterocycles. The van der Waals surface area contributed by atoms with E-state index in [2.05, 4.69) is 31.3 Å². The number of anilines is 1. The fourth-order valence-corrected chi connectivity index (χ4v) is 2.32. The van der Waals surface area contributed by atoms with Gasteiger partial charge in [0, 0.05) is 5.56 Å². The molecule has 4 rings (SSSR count). The van der Waals surface area contributed by atoms with Gasteiger partial charge in [0.05, 0.1) is 12.4 Å². The number of H-pyrrole nitrogens is 1. The number of ether oxygens (including phenoxy) is 1. The summed E-state index contributed by atoms with van der Waals surface area (Å²) in [7, 11) is 0. The van der Waals surface area contributed by atoms with Gasteiger partial charge in [-0.3, -0.25) is 0 Å². The topological polar surface area (TPSA) is 75.7 Å². The third-order valence-electron chi connectivity index (χ3n) is 3.23. The average molecular weight is 253 g/mol. The van der Waals surface area contributed by atoms with Gasteiger partial charge in [0.1, 0.15) is 24.2 Å². The fourth-order valence-electron chi connectivity index (χ4n) is 2.32. The van der Waals surface area contributed by atoms with Crippen molar-refractivity contribution < 1.29 is 4.74 Å². The molecule has 3 aromatic rings. The molecule has 1 aromatic carbocycles. The third kappa shape index (κ3) is 1.61. The van der Waals surface area contributed by atoms with Crippen LogP contribution in [0, 0.1) is 0 Å². The highest BCUT2D eigenvalue weighted by Gasteiger charge is 2.24. The van der Waals surface area contributed by atoms with Crippen molar-refractivity contribution in [2.75, 3.05) is 11.9 Å². The molecule has 3 heterocycles. The molecule has 94 valence electrons. The first-order chi connectivity index (χ1) is 9.42. The molecule has 0 fully saturated rings. The van der Waals surface area contributed by atoms with Crippen LogP contribution in [0.4, 0.5) is 5.82 Å². The first-order valence-corrected chi connectivity index (χ1v) is 6.04. The van der Waals surface area contributed by atoms with Gasteiger partial charge in [-0.1, -0.05) is 18.2 Å². The van der Waals surface area contributed by atoms with Crippen LogP contribution in [0.2, 0.25) is 0 Å². The maximum atomic E-state index is 5.65. The van der Waals surface area contributed by atoms with Crippen LogP contribution in [0.25, 0.3) is 11.2 Å². The van der Waals surface area contributed by atoms with E-state index in [4.69, 9.17) is 4.74 Å². The predicted molar refractivity (Wildman–Crippen MR) is 70.0 cm³/mol. The lowest BCUT2D eigenvalue weighted by molar-refractivity contribution is 0.339. The van der Waals surface area contributed by atoms with Crippen molar-refractivity contribution in [2.45, 2.75) is 6.04 Å². The zero-order chi connectivity index (χ0) is 12.7. The van der Waals surface area contributed by atoms with Crippen molar-refractivity contribution in [3.63, 3.8) is 0 Å². The van der Waals surface area contributed by atoms with Crippen molar-refractivity contribution in [2.24, 2.45) is 0 Å². The summed E-state index contributed by atoms with van der Waals surface area (Å²) >= 11 is 0. The maximum Gasteiger partial charge on any atom is 0.182 e. The summed E-state index contributed by atoms with van der Waals surface area (Å²) in [6.07, 6.45) is 3.12. The quantitative estimate of drug-likeness (QED) is 0.729. The lowest BCUT2D eigenvalue weighted by Crippen LogP contribution is -2.13. The van der Waals surface area contributed by atoms with Gasteiger partial charge in [0.15, 0.2) is 11.5 Å². The van der Waals surface area contributed by atoms with E-state index >= 15 is 0 Å². The Hall–Kier alpha value is -2.63. The molecular formula is C13H11N5O. The van der Waals surface area contributed by atoms with E-state index in [1.807, 2.05) is 18.2 Å². The Balaban J connectivity index is 1.71.